The molecule has 1 N–H and O–H groups in total. The van der Waals surface area contributed by atoms with Crippen molar-refractivity contribution in [3.63, 3.8) is 0 Å². The van der Waals surface area contributed by atoms with Crippen LogP contribution < -0.4 is 5.32 Å². The molecule has 0 unspecified atom stereocenters. The van der Waals surface area contributed by atoms with Gasteiger partial charge >= 0.3 is 6.03 Å². The highest BCUT2D eigenvalue weighted by atomic mass is 79.9. The summed E-state index contributed by atoms with van der Waals surface area (Å²) >= 11 is 3.42. The highest BCUT2D eigenvalue weighted by Gasteiger charge is 2.16. The number of hydrogen-bond donors (Lipinski definition) is 1. The maximum Gasteiger partial charge on any atom is 0.321 e. The molecular weight excluding hydrogens is 330 g/mol. The number of pyridine rings is 1. The van der Waals surface area contributed by atoms with E-state index in [4.69, 9.17) is 0 Å². The minimum atomic E-state index is -0.0193. The second kappa shape index (κ2) is 6.43. The van der Waals surface area contributed by atoms with E-state index in [9.17, 15) is 4.79 Å². The van der Waals surface area contributed by atoms with Crippen molar-refractivity contribution in [3.05, 3.63) is 34.9 Å². The van der Waals surface area contributed by atoms with Gasteiger partial charge in [-0.3, -0.25) is 4.98 Å². The number of para-hydroxylation sites is 1. The number of fused-ring (bicyclic) bond motifs is 1. The Morgan fingerprint density at radius 3 is 2.71 bits per heavy atom. The fourth-order valence-electron chi connectivity index (χ4n) is 2.70. The molecule has 1 aromatic carbocycles. The van der Waals surface area contributed by atoms with Crippen LogP contribution in [0.25, 0.3) is 10.9 Å². The van der Waals surface area contributed by atoms with E-state index in [1.165, 1.54) is 12.8 Å². The van der Waals surface area contributed by atoms with Crippen molar-refractivity contribution in [1.29, 1.82) is 0 Å². The Kier molecular flexibility index (Phi) is 4.39. The topological polar surface area (TPSA) is 45.2 Å². The molecule has 0 radical (unpaired) electrons. The molecule has 0 aliphatic carbocycles. The van der Waals surface area contributed by atoms with Gasteiger partial charge in [-0.15, -0.1) is 0 Å². The molecule has 0 saturated carbocycles. The Morgan fingerprint density at radius 2 is 1.95 bits per heavy atom. The first kappa shape index (κ1) is 14.3. The van der Waals surface area contributed by atoms with Crippen molar-refractivity contribution in [2.24, 2.45) is 0 Å². The normalized spacial score (nSPS) is 15.8. The van der Waals surface area contributed by atoms with Gasteiger partial charge in [0, 0.05) is 29.1 Å². The Bertz CT molecular complexity index is 651. The average Bonchev–Trinajstić information content (AvgIpc) is 2.76. The van der Waals surface area contributed by atoms with Crippen LogP contribution in [0.2, 0.25) is 0 Å². The summed E-state index contributed by atoms with van der Waals surface area (Å²) < 4.78 is 0.936. The molecule has 21 heavy (non-hydrogen) atoms. The summed E-state index contributed by atoms with van der Waals surface area (Å²) in [6.07, 6.45) is 6.37. The molecule has 1 aliphatic heterocycles. The minimum absolute atomic E-state index is 0.0193. The first-order valence-corrected chi connectivity index (χ1v) is 8.13. The van der Waals surface area contributed by atoms with E-state index in [-0.39, 0.29) is 6.03 Å². The second-order valence-electron chi connectivity index (χ2n) is 5.36. The Balaban J connectivity index is 1.82. The largest absolute Gasteiger partial charge is 0.325 e. The molecule has 4 nitrogen and oxygen atoms in total. The maximum atomic E-state index is 12.4. The summed E-state index contributed by atoms with van der Waals surface area (Å²) in [6.45, 7) is 1.69. The van der Waals surface area contributed by atoms with E-state index in [1.807, 2.05) is 29.2 Å². The number of urea groups is 1. The summed E-state index contributed by atoms with van der Waals surface area (Å²) in [5, 5.41) is 4.02. The van der Waals surface area contributed by atoms with E-state index < -0.39 is 0 Å². The van der Waals surface area contributed by atoms with Crippen LogP contribution >= 0.6 is 15.9 Å². The quantitative estimate of drug-likeness (QED) is 0.830. The van der Waals surface area contributed by atoms with Crippen LogP contribution in [0.4, 0.5) is 10.5 Å². The Morgan fingerprint density at radius 1 is 1.19 bits per heavy atom. The molecule has 0 bridgehead atoms. The molecule has 2 heterocycles. The number of rotatable bonds is 1. The van der Waals surface area contributed by atoms with Crippen molar-refractivity contribution >= 4 is 38.6 Å². The van der Waals surface area contributed by atoms with E-state index in [1.54, 1.807) is 6.20 Å². The van der Waals surface area contributed by atoms with Crippen LogP contribution in [0.15, 0.2) is 34.9 Å². The number of aromatic nitrogens is 1. The highest BCUT2D eigenvalue weighted by molar-refractivity contribution is 9.10. The molecule has 1 aliphatic rings. The van der Waals surface area contributed by atoms with E-state index >= 15 is 0 Å². The molecule has 1 aromatic heterocycles. The van der Waals surface area contributed by atoms with Crippen LogP contribution in [-0.2, 0) is 0 Å². The van der Waals surface area contributed by atoms with Crippen LogP contribution in [0.5, 0.6) is 0 Å². The number of nitrogens with zero attached hydrogens (tertiary/aromatic N) is 2. The molecule has 2 aromatic rings. The van der Waals surface area contributed by atoms with Crippen LogP contribution in [0, 0.1) is 0 Å². The SMILES string of the molecule is O=C(Nc1cccc2cc(Br)cnc12)N1CCCCCC1. The number of carbonyl (C=O) groups excluding carboxylic acids is 1. The van der Waals surface area contributed by atoms with Gasteiger partial charge in [0.1, 0.15) is 0 Å². The molecular formula is C16H18BrN3O. The smallest absolute Gasteiger partial charge is 0.321 e. The van der Waals surface area contributed by atoms with Gasteiger partial charge in [-0.25, -0.2) is 4.79 Å². The van der Waals surface area contributed by atoms with Gasteiger partial charge in [0.2, 0.25) is 0 Å². The van der Waals surface area contributed by atoms with Gasteiger partial charge in [-0.05, 0) is 40.9 Å². The van der Waals surface area contributed by atoms with Crippen LogP contribution in [0.1, 0.15) is 25.7 Å². The van der Waals surface area contributed by atoms with E-state index in [0.717, 1.165) is 47.0 Å². The summed E-state index contributed by atoms with van der Waals surface area (Å²) in [7, 11) is 0. The molecule has 0 spiro atoms. The number of carbonyl (C=O) groups is 1. The van der Waals surface area contributed by atoms with Gasteiger partial charge in [0.25, 0.3) is 0 Å². The Labute approximate surface area is 132 Å². The molecule has 3 rings (SSSR count). The number of halogens is 1. The highest BCUT2D eigenvalue weighted by Crippen LogP contribution is 2.24. The van der Waals surface area contributed by atoms with Gasteiger partial charge in [-0.1, -0.05) is 25.0 Å². The molecule has 0 atom stereocenters. The molecule has 1 fully saturated rings. The molecule has 2 amide bonds. The van der Waals surface area contributed by atoms with E-state index in [0.29, 0.717) is 0 Å². The lowest BCUT2D eigenvalue weighted by Crippen LogP contribution is -2.35. The van der Waals surface area contributed by atoms with Crippen molar-refractivity contribution in [2.75, 3.05) is 18.4 Å². The average molecular weight is 348 g/mol. The summed E-state index contributed by atoms with van der Waals surface area (Å²) in [6, 6.07) is 7.82. The monoisotopic (exact) mass is 347 g/mol. The van der Waals surface area contributed by atoms with Crippen molar-refractivity contribution in [2.45, 2.75) is 25.7 Å². The summed E-state index contributed by atoms with van der Waals surface area (Å²) in [5.74, 6) is 0. The predicted molar refractivity (Wildman–Crippen MR) is 88.5 cm³/mol. The minimum Gasteiger partial charge on any atom is -0.325 e. The standard InChI is InChI=1S/C16H18BrN3O/c17-13-10-12-6-5-7-14(15(12)18-11-13)19-16(21)20-8-3-1-2-4-9-20/h5-7,10-11H,1-4,8-9H2,(H,19,21). The predicted octanol–water partition coefficient (Wildman–Crippen LogP) is 4.41. The zero-order valence-corrected chi connectivity index (χ0v) is 13.4. The first-order valence-electron chi connectivity index (χ1n) is 7.34. The molecule has 1 saturated heterocycles. The van der Waals surface area contributed by atoms with Crippen LogP contribution in [-0.4, -0.2) is 29.0 Å². The zero-order valence-electron chi connectivity index (χ0n) is 11.8. The number of hydrogen-bond acceptors (Lipinski definition) is 2. The number of anilines is 1. The number of amides is 2. The number of likely N-dealkylation sites (tertiary alicyclic amines) is 1. The van der Waals surface area contributed by atoms with Crippen LogP contribution in [0.3, 0.4) is 0 Å². The lowest BCUT2D eigenvalue weighted by Gasteiger charge is -2.21. The fraction of sp³-hybridized carbons (Fsp3) is 0.375. The number of benzene rings is 1. The van der Waals surface area contributed by atoms with Crippen molar-refractivity contribution in [1.82, 2.24) is 9.88 Å². The zero-order chi connectivity index (χ0) is 14.7. The second-order valence-corrected chi connectivity index (χ2v) is 6.28. The van der Waals surface area contributed by atoms with Gasteiger partial charge in [0.15, 0.2) is 0 Å². The third kappa shape index (κ3) is 3.35. The fourth-order valence-corrected chi connectivity index (χ4v) is 3.05. The number of nitrogens with one attached hydrogen (secondary N) is 1. The molecule has 5 heteroatoms. The molecule has 110 valence electrons. The third-order valence-electron chi connectivity index (χ3n) is 3.81. The maximum absolute atomic E-state index is 12.4. The first-order chi connectivity index (χ1) is 10.2. The third-order valence-corrected chi connectivity index (χ3v) is 4.25. The summed E-state index contributed by atoms with van der Waals surface area (Å²) in [4.78, 5) is 18.7. The van der Waals surface area contributed by atoms with Crippen molar-refractivity contribution < 1.29 is 4.79 Å². The lowest BCUT2D eigenvalue weighted by atomic mass is 10.2. The lowest BCUT2D eigenvalue weighted by molar-refractivity contribution is 0.214. The Hall–Kier alpha value is -1.62. The van der Waals surface area contributed by atoms with Gasteiger partial charge in [0.05, 0.1) is 11.2 Å². The van der Waals surface area contributed by atoms with Crippen molar-refractivity contribution in [3.8, 4) is 0 Å². The van der Waals surface area contributed by atoms with E-state index in [2.05, 4.69) is 26.2 Å². The van der Waals surface area contributed by atoms with Gasteiger partial charge < -0.3 is 10.2 Å². The van der Waals surface area contributed by atoms with Gasteiger partial charge in [-0.2, -0.15) is 0 Å². The summed E-state index contributed by atoms with van der Waals surface area (Å²) in [5.41, 5.74) is 1.60.